The maximum Gasteiger partial charge on any atom is 0.245 e. The summed E-state index contributed by atoms with van der Waals surface area (Å²) in [6.45, 7) is 7.18. The number of amides is 2. The van der Waals surface area contributed by atoms with Crippen LogP contribution in [0.5, 0.6) is 5.75 Å². The highest BCUT2D eigenvalue weighted by atomic mass is 35.5. The highest BCUT2D eigenvalue weighted by Crippen LogP contribution is 2.30. The van der Waals surface area contributed by atoms with Crippen LogP contribution in [-0.2, 0) is 29.0 Å². The van der Waals surface area contributed by atoms with Crippen molar-refractivity contribution in [3.8, 4) is 5.75 Å². The summed E-state index contributed by atoms with van der Waals surface area (Å²) < 4.78 is 6.02. The van der Waals surface area contributed by atoms with Crippen LogP contribution < -0.4 is 20.3 Å². The monoisotopic (exact) mass is 560 g/mol. The smallest absolute Gasteiger partial charge is 0.245 e. The fourth-order valence-electron chi connectivity index (χ4n) is 5.43. The Morgan fingerprint density at radius 2 is 1.62 bits per heavy atom. The number of para-hydroxylation sites is 2. The molecule has 0 aromatic heterocycles. The lowest BCUT2D eigenvalue weighted by Gasteiger charge is -2.38. The van der Waals surface area contributed by atoms with E-state index in [0.29, 0.717) is 50.6 Å². The van der Waals surface area contributed by atoms with Gasteiger partial charge in [-0.3, -0.25) is 9.59 Å². The van der Waals surface area contributed by atoms with Crippen molar-refractivity contribution in [1.29, 1.82) is 0 Å². The van der Waals surface area contributed by atoms with Gasteiger partial charge in [0.25, 0.3) is 0 Å². The summed E-state index contributed by atoms with van der Waals surface area (Å²) in [5, 5.41) is 7.07. The normalized spacial score (nSPS) is 17.8. The number of ether oxygens (including phenoxy) is 1. The van der Waals surface area contributed by atoms with Crippen molar-refractivity contribution < 1.29 is 14.3 Å². The van der Waals surface area contributed by atoms with E-state index in [2.05, 4.69) is 33.7 Å². The van der Waals surface area contributed by atoms with Crippen molar-refractivity contribution >= 4 is 29.1 Å². The Balaban J connectivity index is 1.27. The number of piperazine rings is 1. The third-order valence-corrected chi connectivity index (χ3v) is 7.78. The largest absolute Gasteiger partial charge is 0.489 e. The number of anilines is 1. The lowest BCUT2D eigenvalue weighted by atomic mass is 9.95. The van der Waals surface area contributed by atoms with Crippen molar-refractivity contribution in [3.63, 3.8) is 0 Å². The molecule has 40 heavy (non-hydrogen) atoms. The Morgan fingerprint density at radius 3 is 2.35 bits per heavy atom. The van der Waals surface area contributed by atoms with Gasteiger partial charge < -0.3 is 25.2 Å². The number of benzene rings is 3. The van der Waals surface area contributed by atoms with Gasteiger partial charge in [-0.15, -0.1) is 0 Å². The molecule has 0 bridgehead atoms. The van der Waals surface area contributed by atoms with Gasteiger partial charge in [-0.05, 0) is 61.2 Å². The standard InChI is InChI=1S/C32H37ClN4O3/c1-22(2)40-30-10-6-5-9-29(30)36-15-17-37(18-16-36)32(39)28(19-23-11-13-26(33)14-12-23)35-31(38)27-20-24-7-3-4-8-25(24)21-34-27/h3-14,22,27-28,34H,15-21H2,1-2H3,(H,35,38)/t27-,28-/m1/s1. The van der Waals surface area contributed by atoms with Gasteiger partial charge in [-0.25, -0.2) is 0 Å². The summed E-state index contributed by atoms with van der Waals surface area (Å²) in [5.41, 5.74) is 4.36. The topological polar surface area (TPSA) is 73.9 Å². The lowest BCUT2D eigenvalue weighted by Crippen LogP contribution is -2.58. The van der Waals surface area contributed by atoms with Gasteiger partial charge in [-0.1, -0.05) is 60.1 Å². The number of carbonyl (C=O) groups is 2. The zero-order valence-corrected chi connectivity index (χ0v) is 23.9. The first-order valence-electron chi connectivity index (χ1n) is 14.0. The van der Waals surface area contributed by atoms with Crippen LogP contribution in [0.3, 0.4) is 0 Å². The molecule has 0 spiro atoms. The number of fused-ring (bicyclic) bond motifs is 1. The number of rotatable bonds is 8. The second-order valence-corrected chi connectivity index (χ2v) is 11.2. The average Bonchev–Trinajstić information content (AvgIpc) is 2.97. The van der Waals surface area contributed by atoms with Gasteiger partial charge in [0.05, 0.1) is 17.8 Å². The molecule has 2 heterocycles. The van der Waals surface area contributed by atoms with Crippen LogP contribution >= 0.6 is 11.6 Å². The Labute approximate surface area is 241 Å². The maximum absolute atomic E-state index is 13.9. The second-order valence-electron chi connectivity index (χ2n) is 10.7. The Bertz CT molecular complexity index is 1320. The summed E-state index contributed by atoms with van der Waals surface area (Å²) in [6.07, 6.45) is 1.07. The lowest BCUT2D eigenvalue weighted by molar-refractivity contribution is -0.137. The summed E-state index contributed by atoms with van der Waals surface area (Å²) in [6, 6.07) is 22.6. The van der Waals surface area contributed by atoms with Crippen LogP contribution in [0.15, 0.2) is 72.8 Å². The van der Waals surface area contributed by atoms with Crippen molar-refractivity contribution in [2.24, 2.45) is 0 Å². The average molecular weight is 561 g/mol. The zero-order valence-electron chi connectivity index (χ0n) is 23.1. The van der Waals surface area contributed by atoms with Crippen molar-refractivity contribution in [2.75, 3.05) is 31.1 Å². The molecule has 0 aliphatic carbocycles. The number of hydrogen-bond acceptors (Lipinski definition) is 5. The fraction of sp³-hybridized carbons (Fsp3) is 0.375. The molecule has 0 unspecified atom stereocenters. The molecule has 2 amide bonds. The van der Waals surface area contributed by atoms with E-state index < -0.39 is 6.04 Å². The second kappa shape index (κ2) is 12.7. The molecule has 7 nitrogen and oxygen atoms in total. The van der Waals surface area contributed by atoms with Gasteiger partial charge in [-0.2, -0.15) is 0 Å². The number of hydrogen-bond donors (Lipinski definition) is 2. The molecule has 2 N–H and O–H groups in total. The fourth-order valence-corrected chi connectivity index (χ4v) is 5.55. The van der Waals surface area contributed by atoms with Crippen LogP contribution in [0.1, 0.15) is 30.5 Å². The molecule has 1 fully saturated rings. The number of carbonyl (C=O) groups excluding carboxylic acids is 2. The van der Waals surface area contributed by atoms with E-state index in [-0.39, 0.29) is 24.0 Å². The van der Waals surface area contributed by atoms with Crippen LogP contribution in [-0.4, -0.2) is 61.1 Å². The van der Waals surface area contributed by atoms with E-state index in [4.69, 9.17) is 16.3 Å². The minimum absolute atomic E-state index is 0.0640. The molecular weight excluding hydrogens is 524 g/mol. The number of nitrogens with zero attached hydrogens (tertiary/aromatic N) is 2. The van der Waals surface area contributed by atoms with Crippen LogP contribution in [0, 0.1) is 0 Å². The molecule has 3 aromatic rings. The Kier molecular flexibility index (Phi) is 8.92. The quantitative estimate of drug-likeness (QED) is 0.432. The molecule has 0 saturated carbocycles. The molecular formula is C32H37ClN4O3. The van der Waals surface area contributed by atoms with Crippen LogP contribution in [0.25, 0.3) is 0 Å². The van der Waals surface area contributed by atoms with Crippen molar-refractivity contribution in [1.82, 2.24) is 15.5 Å². The van der Waals surface area contributed by atoms with E-state index >= 15 is 0 Å². The van der Waals surface area contributed by atoms with E-state index in [1.807, 2.05) is 73.3 Å². The van der Waals surface area contributed by atoms with Crippen LogP contribution in [0.2, 0.25) is 5.02 Å². The zero-order chi connectivity index (χ0) is 28.1. The third-order valence-electron chi connectivity index (χ3n) is 7.53. The molecule has 2 atom stereocenters. The highest BCUT2D eigenvalue weighted by molar-refractivity contribution is 6.30. The maximum atomic E-state index is 13.9. The van der Waals surface area contributed by atoms with Crippen molar-refractivity contribution in [3.05, 3.63) is 94.5 Å². The molecule has 2 aliphatic rings. The van der Waals surface area contributed by atoms with Crippen LogP contribution in [0.4, 0.5) is 5.69 Å². The van der Waals surface area contributed by atoms with E-state index in [9.17, 15) is 9.59 Å². The Morgan fingerprint density at radius 1 is 0.950 bits per heavy atom. The summed E-state index contributed by atoms with van der Waals surface area (Å²) in [5.74, 6) is 0.637. The molecule has 0 radical (unpaired) electrons. The highest BCUT2D eigenvalue weighted by Gasteiger charge is 2.32. The molecule has 3 aromatic carbocycles. The van der Waals surface area contributed by atoms with E-state index in [1.165, 1.54) is 11.1 Å². The SMILES string of the molecule is CC(C)Oc1ccccc1N1CCN(C(=O)[C@@H](Cc2ccc(Cl)cc2)NC(=O)[C@H]2Cc3ccccc3CN2)CC1. The molecule has 8 heteroatoms. The van der Waals surface area contributed by atoms with Gasteiger partial charge >= 0.3 is 0 Å². The first-order valence-corrected chi connectivity index (χ1v) is 14.4. The minimum atomic E-state index is -0.671. The Hall–Kier alpha value is -3.55. The molecule has 210 valence electrons. The molecule has 2 aliphatic heterocycles. The van der Waals surface area contributed by atoms with Gasteiger partial charge in [0.2, 0.25) is 11.8 Å². The van der Waals surface area contributed by atoms with Gasteiger partial charge in [0.1, 0.15) is 11.8 Å². The predicted molar refractivity (Wildman–Crippen MR) is 159 cm³/mol. The first kappa shape index (κ1) is 28.0. The third kappa shape index (κ3) is 6.77. The summed E-state index contributed by atoms with van der Waals surface area (Å²) >= 11 is 6.10. The molecule has 1 saturated heterocycles. The van der Waals surface area contributed by atoms with Crippen molar-refractivity contribution in [2.45, 2.75) is 51.4 Å². The summed E-state index contributed by atoms with van der Waals surface area (Å²) in [7, 11) is 0. The van der Waals surface area contributed by atoms with E-state index in [0.717, 1.165) is 17.0 Å². The first-order chi connectivity index (χ1) is 19.4. The molecule has 5 rings (SSSR count). The van der Waals surface area contributed by atoms with Gasteiger partial charge in [0, 0.05) is 44.2 Å². The van der Waals surface area contributed by atoms with E-state index in [1.54, 1.807) is 0 Å². The number of halogens is 1. The summed E-state index contributed by atoms with van der Waals surface area (Å²) in [4.78, 5) is 31.4. The number of nitrogens with one attached hydrogen (secondary N) is 2. The minimum Gasteiger partial charge on any atom is -0.489 e. The van der Waals surface area contributed by atoms with Gasteiger partial charge in [0.15, 0.2) is 0 Å². The predicted octanol–water partition coefficient (Wildman–Crippen LogP) is 4.22.